The predicted octanol–water partition coefficient (Wildman–Crippen LogP) is 1.10. The van der Waals surface area contributed by atoms with E-state index in [4.69, 9.17) is 10.3 Å². The van der Waals surface area contributed by atoms with E-state index in [0.717, 1.165) is 0 Å². The largest absolute Gasteiger partial charge is 0.337 e. The van der Waals surface area contributed by atoms with Crippen LogP contribution < -0.4 is 5.73 Å². The molecule has 0 aromatic carbocycles. The van der Waals surface area contributed by atoms with Crippen LogP contribution in [0.15, 0.2) is 35.8 Å². The first-order valence-corrected chi connectivity index (χ1v) is 4.77. The van der Waals surface area contributed by atoms with Crippen LogP contribution in [0.5, 0.6) is 0 Å². The van der Waals surface area contributed by atoms with E-state index in [1.165, 1.54) is 0 Å². The molecule has 0 aliphatic carbocycles. The highest BCUT2D eigenvalue weighted by Crippen LogP contribution is 2.16. The fraction of sp³-hybridized carbons (Fsp3) is 0.200. The average Bonchev–Trinajstić information content (AvgIpc) is 2.80. The molecule has 1 unspecified atom stereocenters. The van der Waals surface area contributed by atoms with Crippen LogP contribution >= 0.6 is 0 Å². The second-order valence-corrected chi connectivity index (χ2v) is 3.18. The number of nitrogens with zero attached hydrogens (tertiary/aromatic N) is 4. The van der Waals surface area contributed by atoms with Crippen molar-refractivity contribution < 1.29 is 4.52 Å². The van der Waals surface area contributed by atoms with Gasteiger partial charge in [-0.1, -0.05) is 11.2 Å². The van der Waals surface area contributed by atoms with Gasteiger partial charge in [-0.3, -0.25) is 4.98 Å². The zero-order valence-corrected chi connectivity index (χ0v) is 8.58. The minimum absolute atomic E-state index is 0.324. The molecule has 0 spiro atoms. The lowest BCUT2D eigenvalue weighted by Crippen LogP contribution is -2.09. The van der Waals surface area contributed by atoms with Crippen LogP contribution in [0.4, 0.5) is 0 Å². The van der Waals surface area contributed by atoms with Crippen LogP contribution in [0.25, 0.3) is 11.5 Å². The van der Waals surface area contributed by atoms with Gasteiger partial charge in [-0.25, -0.2) is 4.98 Å². The first-order chi connectivity index (χ1) is 7.81. The molecule has 0 saturated heterocycles. The summed E-state index contributed by atoms with van der Waals surface area (Å²) in [5.41, 5.74) is 6.35. The van der Waals surface area contributed by atoms with Gasteiger partial charge in [0, 0.05) is 12.4 Å². The Morgan fingerprint density at radius 1 is 1.50 bits per heavy atom. The number of nitrogens with two attached hydrogens (primary N) is 1. The summed E-state index contributed by atoms with van der Waals surface area (Å²) in [6, 6.07) is -0.324. The molecule has 0 aliphatic rings. The van der Waals surface area contributed by atoms with Gasteiger partial charge in [0.1, 0.15) is 5.69 Å². The van der Waals surface area contributed by atoms with Crippen molar-refractivity contribution in [2.24, 2.45) is 5.73 Å². The molecule has 82 valence electrons. The van der Waals surface area contributed by atoms with Crippen molar-refractivity contribution in [2.45, 2.75) is 12.5 Å². The minimum atomic E-state index is -0.324. The summed E-state index contributed by atoms with van der Waals surface area (Å²) < 4.78 is 5.03. The molecule has 2 aromatic heterocycles. The molecule has 0 fully saturated rings. The van der Waals surface area contributed by atoms with E-state index >= 15 is 0 Å². The van der Waals surface area contributed by atoms with E-state index in [1.54, 1.807) is 24.7 Å². The molecule has 0 amide bonds. The summed E-state index contributed by atoms with van der Waals surface area (Å²) in [7, 11) is 0. The molecule has 2 heterocycles. The van der Waals surface area contributed by atoms with Crippen LogP contribution in [-0.4, -0.2) is 20.1 Å². The summed E-state index contributed by atoms with van der Waals surface area (Å²) in [6.45, 7) is 3.60. The number of aromatic nitrogens is 4. The van der Waals surface area contributed by atoms with Crippen LogP contribution in [0, 0.1) is 0 Å². The summed E-state index contributed by atoms with van der Waals surface area (Å²) in [4.78, 5) is 12.1. The second-order valence-electron chi connectivity index (χ2n) is 3.18. The third-order valence-electron chi connectivity index (χ3n) is 1.97. The van der Waals surface area contributed by atoms with Crippen molar-refractivity contribution in [1.82, 2.24) is 20.1 Å². The van der Waals surface area contributed by atoms with Gasteiger partial charge in [-0.05, 0) is 6.42 Å². The lowest BCUT2D eigenvalue weighted by molar-refractivity contribution is 0.355. The SMILES string of the molecule is C=CCC(N)c1nc(-c2cnccn2)no1. The number of hydrogen-bond donors (Lipinski definition) is 1. The molecule has 0 saturated carbocycles. The van der Waals surface area contributed by atoms with Crippen molar-refractivity contribution in [1.29, 1.82) is 0 Å². The molecule has 0 radical (unpaired) electrons. The molecule has 0 aliphatic heterocycles. The summed E-state index contributed by atoms with van der Waals surface area (Å²) in [5.74, 6) is 0.767. The summed E-state index contributed by atoms with van der Waals surface area (Å²) in [6.07, 6.45) is 7.00. The van der Waals surface area contributed by atoms with Crippen LogP contribution in [0.3, 0.4) is 0 Å². The van der Waals surface area contributed by atoms with E-state index < -0.39 is 0 Å². The van der Waals surface area contributed by atoms with Crippen LogP contribution in [0.1, 0.15) is 18.4 Å². The Bertz CT molecular complexity index is 467. The maximum absolute atomic E-state index is 5.79. The highest BCUT2D eigenvalue weighted by Gasteiger charge is 2.14. The van der Waals surface area contributed by atoms with Gasteiger partial charge in [-0.15, -0.1) is 6.58 Å². The fourth-order valence-electron chi connectivity index (χ4n) is 1.18. The highest BCUT2D eigenvalue weighted by atomic mass is 16.5. The van der Waals surface area contributed by atoms with Gasteiger partial charge in [0.05, 0.1) is 12.2 Å². The van der Waals surface area contributed by atoms with Gasteiger partial charge < -0.3 is 10.3 Å². The van der Waals surface area contributed by atoms with Crippen molar-refractivity contribution in [2.75, 3.05) is 0 Å². The van der Waals surface area contributed by atoms with E-state index in [9.17, 15) is 0 Å². The van der Waals surface area contributed by atoms with Gasteiger partial charge >= 0.3 is 0 Å². The van der Waals surface area contributed by atoms with Gasteiger partial charge in [-0.2, -0.15) is 4.98 Å². The van der Waals surface area contributed by atoms with Gasteiger partial charge in [0.2, 0.25) is 11.7 Å². The normalized spacial score (nSPS) is 12.3. The molecular weight excluding hydrogens is 206 g/mol. The molecule has 2 N–H and O–H groups in total. The topological polar surface area (TPSA) is 90.7 Å². The van der Waals surface area contributed by atoms with Crippen LogP contribution in [0.2, 0.25) is 0 Å². The van der Waals surface area contributed by atoms with E-state index in [-0.39, 0.29) is 6.04 Å². The lowest BCUT2D eigenvalue weighted by Gasteiger charge is -1.99. The minimum Gasteiger partial charge on any atom is -0.337 e. The van der Waals surface area contributed by atoms with Gasteiger partial charge in [0.25, 0.3) is 0 Å². The quantitative estimate of drug-likeness (QED) is 0.771. The highest BCUT2D eigenvalue weighted by molar-refractivity contribution is 5.45. The Morgan fingerprint density at radius 2 is 2.38 bits per heavy atom. The zero-order valence-electron chi connectivity index (χ0n) is 8.58. The molecular formula is C10H11N5O. The van der Waals surface area contributed by atoms with E-state index in [1.807, 2.05) is 0 Å². The van der Waals surface area contributed by atoms with Crippen LogP contribution in [-0.2, 0) is 0 Å². The zero-order chi connectivity index (χ0) is 11.4. The van der Waals surface area contributed by atoms with Gasteiger partial charge in [0.15, 0.2) is 0 Å². The molecule has 16 heavy (non-hydrogen) atoms. The third-order valence-corrected chi connectivity index (χ3v) is 1.97. The lowest BCUT2D eigenvalue weighted by atomic mass is 10.2. The third kappa shape index (κ3) is 2.12. The Labute approximate surface area is 92.2 Å². The standard InChI is InChI=1S/C10H11N5O/c1-2-3-7(11)10-14-9(15-16-10)8-6-12-4-5-13-8/h2,4-7H,1,3,11H2. The summed E-state index contributed by atoms with van der Waals surface area (Å²) in [5, 5.41) is 3.79. The fourth-order valence-corrected chi connectivity index (χ4v) is 1.18. The Hall–Kier alpha value is -2.08. The Kier molecular flexibility index (Phi) is 3.02. The van der Waals surface area contributed by atoms with Crippen molar-refractivity contribution in [3.8, 4) is 11.5 Å². The molecule has 1 atom stereocenters. The summed E-state index contributed by atoms with van der Waals surface area (Å²) >= 11 is 0. The molecule has 2 aromatic rings. The van der Waals surface area contributed by atoms with E-state index in [2.05, 4.69) is 26.7 Å². The van der Waals surface area contributed by atoms with E-state index in [0.29, 0.717) is 23.8 Å². The smallest absolute Gasteiger partial charge is 0.244 e. The Balaban J connectivity index is 2.23. The predicted molar refractivity (Wildman–Crippen MR) is 57.1 cm³/mol. The van der Waals surface area contributed by atoms with Crippen molar-refractivity contribution in [3.63, 3.8) is 0 Å². The maximum atomic E-state index is 5.79. The Morgan fingerprint density at radius 3 is 3.06 bits per heavy atom. The van der Waals surface area contributed by atoms with Crippen molar-refractivity contribution in [3.05, 3.63) is 37.1 Å². The van der Waals surface area contributed by atoms with Crippen molar-refractivity contribution >= 4 is 0 Å². The number of hydrogen-bond acceptors (Lipinski definition) is 6. The molecule has 0 bridgehead atoms. The maximum Gasteiger partial charge on any atom is 0.244 e. The molecule has 2 rings (SSSR count). The molecule has 6 heteroatoms. The monoisotopic (exact) mass is 217 g/mol. The first kappa shape index (κ1) is 10.4. The first-order valence-electron chi connectivity index (χ1n) is 4.77. The second kappa shape index (κ2) is 4.63. The average molecular weight is 217 g/mol. The number of rotatable bonds is 4. The molecule has 6 nitrogen and oxygen atoms in total.